The predicted octanol–water partition coefficient (Wildman–Crippen LogP) is 2.69. The molecule has 30 heavy (non-hydrogen) atoms. The van der Waals surface area contributed by atoms with E-state index in [0.717, 1.165) is 30.2 Å². The van der Waals surface area contributed by atoms with Crippen LogP contribution in [0.5, 0.6) is 0 Å². The first-order valence-electron chi connectivity index (χ1n) is 10.3. The van der Waals surface area contributed by atoms with Crippen molar-refractivity contribution < 1.29 is 14.3 Å². The van der Waals surface area contributed by atoms with Crippen LogP contribution in [0.25, 0.3) is 6.08 Å². The van der Waals surface area contributed by atoms with Gasteiger partial charge in [-0.25, -0.2) is 4.98 Å². The Morgan fingerprint density at radius 3 is 2.53 bits per heavy atom. The number of benzene rings is 1. The van der Waals surface area contributed by atoms with E-state index in [1.54, 1.807) is 11.8 Å². The number of rotatable bonds is 3. The molecule has 156 valence electrons. The van der Waals surface area contributed by atoms with Gasteiger partial charge in [0.1, 0.15) is 5.82 Å². The van der Waals surface area contributed by atoms with E-state index in [1.165, 1.54) is 0 Å². The summed E-state index contributed by atoms with van der Waals surface area (Å²) < 4.78 is 5.42. The number of hydrogen-bond donors (Lipinski definition) is 0. The van der Waals surface area contributed by atoms with Crippen molar-refractivity contribution in [2.75, 3.05) is 44.3 Å². The van der Waals surface area contributed by atoms with Gasteiger partial charge in [-0.15, -0.1) is 0 Å². The first kappa shape index (κ1) is 20.3. The van der Waals surface area contributed by atoms with Crippen LogP contribution in [-0.4, -0.2) is 61.0 Å². The summed E-state index contributed by atoms with van der Waals surface area (Å²) in [5.41, 5.74) is 1.47. The molecule has 6 nitrogen and oxygen atoms in total. The number of likely N-dealkylation sites (tertiary alicyclic amines) is 1. The second-order valence-corrected chi connectivity index (χ2v) is 8.09. The van der Waals surface area contributed by atoms with Crippen molar-refractivity contribution in [3.63, 3.8) is 0 Å². The number of amides is 1. The van der Waals surface area contributed by atoms with Crippen molar-refractivity contribution in [1.29, 1.82) is 0 Å². The van der Waals surface area contributed by atoms with Crippen molar-refractivity contribution in [1.82, 2.24) is 9.88 Å². The fourth-order valence-corrected chi connectivity index (χ4v) is 4.17. The molecule has 1 atom stereocenters. The third-order valence-electron chi connectivity index (χ3n) is 5.93. The van der Waals surface area contributed by atoms with E-state index < -0.39 is 5.41 Å². The van der Waals surface area contributed by atoms with E-state index in [0.29, 0.717) is 31.9 Å². The summed E-state index contributed by atoms with van der Waals surface area (Å²) in [6.45, 7) is 7.14. The topological polar surface area (TPSA) is 62.7 Å². The zero-order valence-electron chi connectivity index (χ0n) is 17.5. The third kappa shape index (κ3) is 4.00. The Morgan fingerprint density at radius 2 is 1.83 bits per heavy atom. The minimum absolute atomic E-state index is 0.0365. The summed E-state index contributed by atoms with van der Waals surface area (Å²) in [6.07, 6.45) is 1.84. The monoisotopic (exact) mass is 405 g/mol. The molecule has 0 N–H and O–H groups in total. The lowest BCUT2D eigenvalue weighted by Gasteiger charge is -2.40. The van der Waals surface area contributed by atoms with Gasteiger partial charge in [-0.1, -0.05) is 36.4 Å². The van der Waals surface area contributed by atoms with E-state index in [-0.39, 0.29) is 11.7 Å². The normalized spacial score (nSPS) is 23.7. The lowest BCUT2D eigenvalue weighted by atomic mass is 9.73. The summed E-state index contributed by atoms with van der Waals surface area (Å²) in [5, 5.41) is 0. The summed E-state index contributed by atoms with van der Waals surface area (Å²) in [4.78, 5) is 34.5. The summed E-state index contributed by atoms with van der Waals surface area (Å²) in [6, 6.07) is 15.5. The molecule has 0 aliphatic carbocycles. The highest BCUT2D eigenvalue weighted by Gasteiger charge is 2.43. The number of hydrogen-bond acceptors (Lipinski definition) is 5. The van der Waals surface area contributed by atoms with Crippen molar-refractivity contribution in [3.05, 3.63) is 65.4 Å². The van der Waals surface area contributed by atoms with Crippen LogP contribution < -0.4 is 4.90 Å². The van der Waals surface area contributed by atoms with Gasteiger partial charge in [-0.05, 0) is 30.7 Å². The fraction of sp³-hybridized carbons (Fsp3) is 0.375. The summed E-state index contributed by atoms with van der Waals surface area (Å²) >= 11 is 0. The molecule has 2 saturated heterocycles. The fourth-order valence-electron chi connectivity index (χ4n) is 4.17. The number of piperidine rings is 1. The number of morpholine rings is 1. The Labute approximate surface area is 177 Å². The number of anilines is 1. The molecule has 0 saturated carbocycles. The highest BCUT2D eigenvalue weighted by molar-refractivity contribution is 6.08. The van der Waals surface area contributed by atoms with Crippen molar-refractivity contribution >= 4 is 23.6 Å². The van der Waals surface area contributed by atoms with Gasteiger partial charge in [-0.2, -0.15) is 0 Å². The highest BCUT2D eigenvalue weighted by atomic mass is 16.5. The van der Waals surface area contributed by atoms with Crippen LogP contribution in [0.3, 0.4) is 0 Å². The largest absolute Gasteiger partial charge is 0.378 e. The molecule has 2 aliphatic heterocycles. The molecule has 3 heterocycles. The summed E-state index contributed by atoms with van der Waals surface area (Å²) in [5.74, 6) is 0.889. The van der Waals surface area contributed by atoms with E-state index in [9.17, 15) is 9.59 Å². The standard InChI is InChI=1S/C24H27N3O3/c1-18(28)27-16-19(23(29)24(2,17-27)20-7-4-3-5-8-20)15-21-9-6-10-22(25-21)26-11-13-30-14-12-26/h3-10,15H,11-14,16-17H2,1-2H3. The maximum Gasteiger partial charge on any atom is 0.219 e. The molecule has 6 heteroatoms. The maximum atomic E-state index is 13.5. The van der Waals surface area contributed by atoms with Gasteiger partial charge < -0.3 is 14.5 Å². The number of pyridine rings is 1. The van der Waals surface area contributed by atoms with Gasteiger partial charge in [0.25, 0.3) is 0 Å². The van der Waals surface area contributed by atoms with Crippen LogP contribution in [0.15, 0.2) is 54.1 Å². The van der Waals surface area contributed by atoms with E-state index in [2.05, 4.69) is 4.90 Å². The number of carbonyl (C=O) groups excluding carboxylic acids is 2. The minimum atomic E-state index is -0.779. The minimum Gasteiger partial charge on any atom is -0.378 e. The van der Waals surface area contributed by atoms with Crippen molar-refractivity contribution in [3.8, 4) is 0 Å². The number of ketones is 1. The van der Waals surface area contributed by atoms with Gasteiger partial charge >= 0.3 is 0 Å². The number of Topliss-reactive ketones (excluding diaryl/α,β-unsaturated/α-hetero) is 1. The molecule has 1 unspecified atom stereocenters. The smallest absolute Gasteiger partial charge is 0.219 e. The van der Waals surface area contributed by atoms with Crippen LogP contribution in [0, 0.1) is 0 Å². The maximum absolute atomic E-state index is 13.5. The first-order valence-corrected chi connectivity index (χ1v) is 10.3. The van der Waals surface area contributed by atoms with Crippen molar-refractivity contribution in [2.45, 2.75) is 19.3 Å². The zero-order chi connectivity index (χ0) is 21.1. The van der Waals surface area contributed by atoms with Gasteiger partial charge in [0.2, 0.25) is 5.91 Å². The van der Waals surface area contributed by atoms with Gasteiger partial charge in [-0.3, -0.25) is 9.59 Å². The van der Waals surface area contributed by atoms with Crippen LogP contribution in [0.4, 0.5) is 5.82 Å². The lowest BCUT2D eigenvalue weighted by Crippen LogP contribution is -2.53. The number of aromatic nitrogens is 1. The number of carbonyl (C=O) groups is 2. The molecule has 1 aromatic carbocycles. The summed E-state index contributed by atoms with van der Waals surface area (Å²) in [7, 11) is 0. The first-order chi connectivity index (χ1) is 14.5. The quantitative estimate of drug-likeness (QED) is 0.735. The Kier molecular flexibility index (Phi) is 5.68. The number of ether oxygens (including phenoxy) is 1. The predicted molar refractivity (Wildman–Crippen MR) is 116 cm³/mol. The van der Waals surface area contributed by atoms with Crippen LogP contribution in [-0.2, 0) is 19.7 Å². The molecule has 1 amide bonds. The molecule has 0 radical (unpaired) electrons. The second-order valence-electron chi connectivity index (χ2n) is 8.09. The van der Waals surface area contributed by atoms with Gasteiger partial charge in [0, 0.05) is 38.7 Å². The van der Waals surface area contributed by atoms with E-state index >= 15 is 0 Å². The molecule has 0 bridgehead atoms. The van der Waals surface area contributed by atoms with Crippen LogP contribution >= 0.6 is 0 Å². The molecule has 0 spiro atoms. The Hall–Kier alpha value is -2.99. The Morgan fingerprint density at radius 1 is 1.10 bits per heavy atom. The molecule has 4 rings (SSSR count). The lowest BCUT2D eigenvalue weighted by molar-refractivity contribution is -0.133. The average molecular weight is 405 g/mol. The second kappa shape index (κ2) is 8.40. The van der Waals surface area contributed by atoms with Crippen LogP contribution in [0.2, 0.25) is 0 Å². The molecular formula is C24H27N3O3. The molecule has 2 aromatic rings. The highest BCUT2D eigenvalue weighted by Crippen LogP contribution is 2.34. The third-order valence-corrected chi connectivity index (χ3v) is 5.93. The zero-order valence-corrected chi connectivity index (χ0v) is 17.5. The van der Waals surface area contributed by atoms with E-state index in [1.807, 2.05) is 61.5 Å². The molecule has 1 aromatic heterocycles. The van der Waals surface area contributed by atoms with Gasteiger partial charge in [0.05, 0.1) is 24.3 Å². The molecule has 2 aliphatic rings. The van der Waals surface area contributed by atoms with Gasteiger partial charge in [0.15, 0.2) is 5.78 Å². The SMILES string of the molecule is CC(=O)N1CC(=Cc2cccc(N3CCOCC3)n2)C(=O)C(C)(c2ccccc2)C1. The Bertz CT molecular complexity index is 967. The number of nitrogens with zero attached hydrogens (tertiary/aromatic N) is 3. The molecule has 2 fully saturated rings. The van der Waals surface area contributed by atoms with Crippen molar-refractivity contribution in [2.24, 2.45) is 0 Å². The van der Waals surface area contributed by atoms with Crippen LogP contribution in [0.1, 0.15) is 25.1 Å². The van der Waals surface area contributed by atoms with E-state index in [4.69, 9.17) is 9.72 Å². The molecular weight excluding hydrogens is 378 g/mol. The average Bonchev–Trinajstić information content (AvgIpc) is 2.78. The Balaban J connectivity index is 1.69.